The molecule has 1 atom stereocenters. The number of ether oxygens (including phenoxy) is 1. The number of rotatable bonds is 8. The largest absolute Gasteiger partial charge is 0.458 e. The van der Waals surface area contributed by atoms with Crippen molar-refractivity contribution in [2.24, 2.45) is 5.92 Å². The fraction of sp³-hybridized carbons (Fsp3) is 0.318. The molecule has 5 heteroatoms. The molecule has 0 fully saturated rings. The van der Waals surface area contributed by atoms with Gasteiger partial charge in [0.15, 0.2) is 0 Å². The van der Waals surface area contributed by atoms with Crippen molar-refractivity contribution < 1.29 is 9.53 Å². The van der Waals surface area contributed by atoms with Gasteiger partial charge >= 0.3 is 5.97 Å². The number of benzene rings is 1. The third kappa shape index (κ3) is 5.23. The van der Waals surface area contributed by atoms with Crippen LogP contribution in [0.1, 0.15) is 36.2 Å². The zero-order valence-electron chi connectivity index (χ0n) is 16.0. The van der Waals surface area contributed by atoms with Gasteiger partial charge < -0.3 is 15.0 Å². The quantitative estimate of drug-likeness (QED) is 0.529. The minimum atomic E-state index is -0.365. The third-order valence-corrected chi connectivity index (χ3v) is 5.45. The number of hydrogen-bond donors (Lipinski definition) is 2. The van der Waals surface area contributed by atoms with Crippen molar-refractivity contribution in [1.29, 1.82) is 0 Å². The number of nitrogens with one attached hydrogen (secondary N) is 2. The van der Waals surface area contributed by atoms with Crippen molar-refractivity contribution in [2.45, 2.75) is 39.8 Å². The lowest BCUT2D eigenvalue weighted by molar-refractivity contribution is -0.147. The summed E-state index contributed by atoms with van der Waals surface area (Å²) in [5, 5.41) is 6.38. The lowest BCUT2D eigenvalue weighted by atomic mass is 10.0. The van der Waals surface area contributed by atoms with Crippen LogP contribution in [0.25, 0.3) is 0 Å². The Morgan fingerprint density at radius 3 is 2.67 bits per heavy atom. The molecule has 142 valence electrons. The van der Waals surface area contributed by atoms with Gasteiger partial charge in [-0.25, -0.2) is 4.79 Å². The SMILES string of the molecule is Cc1csc(NC(C(=O)OCc2[nH]ccc2Cc2ccccc2)C(C)C)c1. The Labute approximate surface area is 164 Å². The van der Waals surface area contributed by atoms with Crippen molar-refractivity contribution in [3.8, 4) is 0 Å². The van der Waals surface area contributed by atoms with E-state index < -0.39 is 0 Å². The maximum atomic E-state index is 12.7. The topological polar surface area (TPSA) is 54.1 Å². The van der Waals surface area contributed by atoms with Gasteiger partial charge in [-0.3, -0.25) is 0 Å². The molecular weight excluding hydrogens is 356 g/mol. The molecule has 27 heavy (non-hydrogen) atoms. The Bertz CT molecular complexity index is 867. The summed E-state index contributed by atoms with van der Waals surface area (Å²) in [5.41, 5.74) is 4.52. The smallest absolute Gasteiger partial charge is 0.329 e. The number of esters is 1. The molecule has 0 amide bonds. The van der Waals surface area contributed by atoms with E-state index in [2.05, 4.69) is 33.9 Å². The zero-order valence-corrected chi connectivity index (χ0v) is 16.8. The predicted octanol–water partition coefficient (Wildman–Crippen LogP) is 5.16. The Morgan fingerprint density at radius 1 is 1.22 bits per heavy atom. The number of aromatic amines is 1. The fourth-order valence-electron chi connectivity index (χ4n) is 2.94. The number of H-pyrrole nitrogens is 1. The molecule has 0 saturated carbocycles. The van der Waals surface area contributed by atoms with Crippen LogP contribution in [-0.2, 0) is 22.6 Å². The van der Waals surface area contributed by atoms with Crippen LogP contribution in [-0.4, -0.2) is 17.0 Å². The number of hydrogen-bond acceptors (Lipinski definition) is 4. The van der Waals surface area contributed by atoms with Gasteiger partial charge in [-0.15, -0.1) is 11.3 Å². The number of aromatic nitrogens is 1. The first-order valence-electron chi connectivity index (χ1n) is 9.20. The molecule has 2 aromatic heterocycles. The van der Waals surface area contributed by atoms with Crippen molar-refractivity contribution in [1.82, 2.24) is 4.98 Å². The molecule has 4 nitrogen and oxygen atoms in total. The number of thiophene rings is 1. The van der Waals surface area contributed by atoms with Gasteiger partial charge in [0, 0.05) is 6.20 Å². The highest BCUT2D eigenvalue weighted by molar-refractivity contribution is 7.14. The Balaban J connectivity index is 1.61. The average Bonchev–Trinajstić information content (AvgIpc) is 3.27. The van der Waals surface area contributed by atoms with Gasteiger partial charge in [0.05, 0.1) is 10.7 Å². The van der Waals surface area contributed by atoms with E-state index in [0.29, 0.717) is 0 Å². The Kier molecular flexibility index (Phi) is 6.35. The lowest BCUT2D eigenvalue weighted by Gasteiger charge is -2.21. The van der Waals surface area contributed by atoms with E-state index in [1.54, 1.807) is 11.3 Å². The van der Waals surface area contributed by atoms with Crippen LogP contribution in [0.2, 0.25) is 0 Å². The van der Waals surface area contributed by atoms with E-state index in [9.17, 15) is 4.79 Å². The van der Waals surface area contributed by atoms with Crippen LogP contribution >= 0.6 is 11.3 Å². The summed E-state index contributed by atoms with van der Waals surface area (Å²) in [6.07, 6.45) is 2.71. The molecule has 0 aliphatic heterocycles. The van der Waals surface area contributed by atoms with Crippen LogP contribution in [0.4, 0.5) is 5.00 Å². The monoisotopic (exact) mass is 382 g/mol. The lowest BCUT2D eigenvalue weighted by Crippen LogP contribution is -2.35. The second-order valence-corrected chi connectivity index (χ2v) is 8.02. The van der Waals surface area contributed by atoms with Crippen LogP contribution in [0.3, 0.4) is 0 Å². The first-order chi connectivity index (χ1) is 13.0. The molecule has 0 radical (unpaired) electrons. The number of aryl methyl sites for hydroxylation is 1. The zero-order chi connectivity index (χ0) is 19.2. The van der Waals surface area contributed by atoms with Gasteiger partial charge in [0.2, 0.25) is 0 Å². The molecule has 0 saturated heterocycles. The van der Waals surface area contributed by atoms with Crippen molar-refractivity contribution in [3.63, 3.8) is 0 Å². The number of anilines is 1. The summed E-state index contributed by atoms with van der Waals surface area (Å²) in [5.74, 6) is -0.0938. The molecule has 0 spiro atoms. The highest BCUT2D eigenvalue weighted by Crippen LogP contribution is 2.23. The van der Waals surface area contributed by atoms with Gasteiger partial charge in [-0.05, 0) is 53.5 Å². The van der Waals surface area contributed by atoms with Crippen LogP contribution in [0.5, 0.6) is 0 Å². The second-order valence-electron chi connectivity index (χ2n) is 7.11. The molecule has 1 unspecified atom stereocenters. The second kappa shape index (κ2) is 8.91. The minimum Gasteiger partial charge on any atom is -0.458 e. The average molecular weight is 383 g/mol. The van der Waals surface area contributed by atoms with E-state index in [1.165, 1.54) is 11.1 Å². The summed E-state index contributed by atoms with van der Waals surface area (Å²) in [7, 11) is 0. The van der Waals surface area contributed by atoms with Crippen molar-refractivity contribution in [2.75, 3.05) is 5.32 Å². The van der Waals surface area contributed by atoms with Crippen molar-refractivity contribution >= 4 is 22.3 Å². The normalized spacial score (nSPS) is 12.1. The summed E-state index contributed by atoms with van der Waals surface area (Å²) < 4.78 is 5.64. The molecule has 2 heterocycles. The molecule has 2 N–H and O–H groups in total. The molecule has 1 aromatic carbocycles. The van der Waals surface area contributed by atoms with Gasteiger partial charge in [-0.1, -0.05) is 44.2 Å². The van der Waals surface area contributed by atoms with E-state index >= 15 is 0 Å². The van der Waals surface area contributed by atoms with E-state index in [4.69, 9.17) is 4.74 Å². The Hall–Kier alpha value is -2.53. The fourth-order valence-corrected chi connectivity index (χ4v) is 3.77. The third-order valence-electron chi connectivity index (χ3n) is 4.47. The number of carbonyl (C=O) groups excluding carboxylic acids is 1. The summed E-state index contributed by atoms with van der Waals surface area (Å²) >= 11 is 1.61. The van der Waals surface area contributed by atoms with Crippen molar-refractivity contribution in [3.05, 3.63) is 76.4 Å². The van der Waals surface area contributed by atoms with Gasteiger partial charge in [0.1, 0.15) is 12.6 Å². The Morgan fingerprint density at radius 2 is 2.00 bits per heavy atom. The van der Waals surface area contributed by atoms with Crippen LogP contribution < -0.4 is 5.32 Å². The van der Waals surface area contributed by atoms with Gasteiger partial charge in [0.25, 0.3) is 0 Å². The van der Waals surface area contributed by atoms with E-state index in [1.807, 2.05) is 51.2 Å². The first kappa shape index (κ1) is 19.2. The summed E-state index contributed by atoms with van der Waals surface area (Å²) in [6.45, 7) is 6.34. The van der Waals surface area contributed by atoms with Gasteiger partial charge in [-0.2, -0.15) is 0 Å². The maximum Gasteiger partial charge on any atom is 0.329 e. The highest BCUT2D eigenvalue weighted by Gasteiger charge is 2.24. The van der Waals surface area contributed by atoms with Crippen LogP contribution in [0.15, 0.2) is 54.0 Å². The minimum absolute atomic E-state index is 0.132. The molecule has 0 aliphatic carbocycles. The van der Waals surface area contributed by atoms with E-state index in [0.717, 1.165) is 22.7 Å². The number of carbonyl (C=O) groups is 1. The first-order valence-corrected chi connectivity index (χ1v) is 10.1. The van der Waals surface area contributed by atoms with E-state index in [-0.39, 0.29) is 24.5 Å². The maximum absolute atomic E-state index is 12.7. The molecular formula is C22H26N2O2S. The predicted molar refractivity (Wildman–Crippen MR) is 111 cm³/mol. The molecule has 3 aromatic rings. The standard InChI is InChI=1S/C22H26N2O2S/c1-15(2)21(24-20-11-16(3)14-27-20)22(25)26-13-19-18(9-10-23-19)12-17-7-5-4-6-8-17/h4-11,14-15,21,23-24H,12-13H2,1-3H3. The summed E-state index contributed by atoms with van der Waals surface area (Å²) in [4.78, 5) is 15.9. The highest BCUT2D eigenvalue weighted by atomic mass is 32.1. The van der Waals surface area contributed by atoms with Crippen LogP contribution in [0, 0.1) is 12.8 Å². The molecule has 0 bridgehead atoms. The summed E-state index contributed by atoms with van der Waals surface area (Å²) in [6, 6.07) is 14.0. The molecule has 0 aliphatic rings. The molecule has 3 rings (SSSR count).